The Hall–Kier alpha value is -2.81. The molecule has 2 aromatic heterocycles. The summed E-state index contributed by atoms with van der Waals surface area (Å²) in [5, 5.41) is 2.90. The minimum absolute atomic E-state index is 0.0380. The van der Waals surface area contributed by atoms with E-state index in [9.17, 15) is 13.6 Å². The quantitative estimate of drug-likeness (QED) is 0.811. The van der Waals surface area contributed by atoms with Gasteiger partial charge in [0.1, 0.15) is 41.3 Å². The number of hydrogen-bond acceptors (Lipinski definition) is 6. The molecule has 3 heterocycles. The van der Waals surface area contributed by atoms with Gasteiger partial charge in [0.25, 0.3) is 11.9 Å². The van der Waals surface area contributed by atoms with Crippen LogP contribution in [0.25, 0.3) is 0 Å². The average Bonchev–Trinajstić information content (AvgIpc) is 3.33. The molecule has 0 spiro atoms. The topological polar surface area (TPSA) is 102 Å². The Bertz CT molecular complexity index is 971. The van der Waals surface area contributed by atoms with Crippen molar-refractivity contribution in [3.8, 4) is 0 Å². The number of nitrogens with zero attached hydrogens (tertiary/aromatic N) is 3. The van der Waals surface area contributed by atoms with Gasteiger partial charge in [0.05, 0.1) is 5.02 Å². The molecule has 1 unspecified atom stereocenters. The van der Waals surface area contributed by atoms with Crippen LogP contribution in [0.5, 0.6) is 0 Å². The van der Waals surface area contributed by atoms with Crippen molar-refractivity contribution in [2.75, 3.05) is 12.0 Å². The number of alkyl halides is 1. The number of hydrogen-bond donors (Lipinski definition) is 2. The molecule has 0 radical (unpaired) electrons. The molecule has 1 amide bonds. The number of carbonyl (C=O) groups is 1. The second-order valence-electron chi connectivity index (χ2n) is 6.82. The van der Waals surface area contributed by atoms with Crippen molar-refractivity contribution in [2.24, 2.45) is 22.6 Å². The molecule has 28 heavy (non-hydrogen) atoms. The number of fused-ring (bicyclic) bond motifs is 1. The van der Waals surface area contributed by atoms with Crippen molar-refractivity contribution in [1.82, 2.24) is 9.97 Å². The average molecular weight is 408 g/mol. The number of aliphatic imine (C=N–C) groups is 1. The molecule has 4 atom stereocenters. The number of nitrogens with one attached hydrogen (secondary N) is 1. The van der Waals surface area contributed by atoms with Gasteiger partial charge in [-0.25, -0.2) is 23.7 Å². The molecule has 7 nitrogen and oxygen atoms in total. The summed E-state index contributed by atoms with van der Waals surface area (Å²) in [5.74, 6) is -1.72. The first kappa shape index (κ1) is 18.5. The zero-order valence-electron chi connectivity index (χ0n) is 14.7. The van der Waals surface area contributed by atoms with Gasteiger partial charge in [-0.2, -0.15) is 0 Å². The van der Waals surface area contributed by atoms with Crippen LogP contribution in [0.3, 0.4) is 0 Å². The lowest BCUT2D eigenvalue weighted by Gasteiger charge is -2.30. The number of rotatable bonds is 4. The zero-order valence-corrected chi connectivity index (χ0v) is 15.5. The summed E-state index contributed by atoms with van der Waals surface area (Å²) in [6, 6.07) is 5.13. The van der Waals surface area contributed by atoms with Crippen LogP contribution in [0.2, 0.25) is 5.02 Å². The molecule has 1 aliphatic heterocycles. The van der Waals surface area contributed by atoms with Gasteiger partial charge in [-0.3, -0.25) is 4.79 Å². The van der Waals surface area contributed by atoms with Crippen LogP contribution in [-0.2, 0) is 10.3 Å². The molecule has 2 aliphatic rings. The van der Waals surface area contributed by atoms with Crippen molar-refractivity contribution >= 4 is 29.3 Å². The molecule has 1 saturated carbocycles. The van der Waals surface area contributed by atoms with Crippen molar-refractivity contribution in [3.63, 3.8) is 0 Å². The number of halogens is 3. The van der Waals surface area contributed by atoms with Crippen LogP contribution in [-0.4, -0.2) is 34.7 Å². The highest BCUT2D eigenvalue weighted by molar-refractivity contribution is 6.30. The van der Waals surface area contributed by atoms with Gasteiger partial charge in [-0.05, 0) is 24.3 Å². The van der Waals surface area contributed by atoms with Crippen molar-refractivity contribution in [1.29, 1.82) is 0 Å². The summed E-state index contributed by atoms with van der Waals surface area (Å²) in [5.41, 5.74) is 3.97. The first-order valence-electron chi connectivity index (χ1n) is 8.53. The lowest BCUT2D eigenvalue weighted by atomic mass is 9.88. The smallest absolute Gasteiger partial charge is 0.283 e. The predicted molar refractivity (Wildman–Crippen MR) is 98.2 cm³/mol. The first-order chi connectivity index (χ1) is 13.4. The third-order valence-corrected chi connectivity index (χ3v) is 5.30. The largest absolute Gasteiger partial charge is 0.461 e. The fourth-order valence-corrected chi connectivity index (χ4v) is 3.76. The fourth-order valence-electron chi connectivity index (χ4n) is 3.65. The van der Waals surface area contributed by atoms with Gasteiger partial charge in [0, 0.05) is 18.0 Å². The number of pyridine rings is 2. The second kappa shape index (κ2) is 6.66. The van der Waals surface area contributed by atoms with E-state index in [-0.39, 0.29) is 35.2 Å². The highest BCUT2D eigenvalue weighted by Crippen LogP contribution is 2.57. The van der Waals surface area contributed by atoms with E-state index in [1.807, 2.05) is 6.92 Å². The van der Waals surface area contributed by atoms with Crippen LogP contribution in [0, 0.1) is 17.7 Å². The van der Waals surface area contributed by atoms with E-state index >= 15 is 0 Å². The van der Waals surface area contributed by atoms with Gasteiger partial charge in [-0.1, -0.05) is 18.5 Å². The normalized spacial score (nSPS) is 28.0. The van der Waals surface area contributed by atoms with Crippen LogP contribution in [0.4, 0.5) is 14.6 Å². The molecular formula is C18H16ClF2N5O2. The maximum absolute atomic E-state index is 14.6. The van der Waals surface area contributed by atoms with Crippen LogP contribution in [0.1, 0.15) is 23.1 Å². The minimum Gasteiger partial charge on any atom is -0.461 e. The molecule has 0 saturated heterocycles. The van der Waals surface area contributed by atoms with Gasteiger partial charge in [0.15, 0.2) is 0 Å². The molecular weight excluding hydrogens is 392 g/mol. The predicted octanol–water partition coefficient (Wildman–Crippen LogP) is 2.67. The SMILES string of the molecule is C[C@H]1C2[C@H]1OC(N)=N[C@@]2(CF)c1nc(NC(=O)c2ccc(Cl)cn2)ccc1F. The third kappa shape index (κ3) is 2.95. The van der Waals surface area contributed by atoms with E-state index in [4.69, 9.17) is 22.1 Å². The van der Waals surface area contributed by atoms with Gasteiger partial charge in [0.2, 0.25) is 0 Å². The van der Waals surface area contributed by atoms with Gasteiger partial charge < -0.3 is 15.8 Å². The molecule has 2 aromatic rings. The van der Waals surface area contributed by atoms with Gasteiger partial charge in [-0.15, -0.1) is 0 Å². The third-order valence-electron chi connectivity index (χ3n) is 5.08. The number of amidine groups is 1. The Morgan fingerprint density at radius 3 is 2.86 bits per heavy atom. The van der Waals surface area contributed by atoms with E-state index in [1.165, 1.54) is 24.4 Å². The van der Waals surface area contributed by atoms with E-state index in [2.05, 4.69) is 20.3 Å². The maximum Gasteiger partial charge on any atom is 0.283 e. The Labute approximate surface area is 164 Å². The standard InChI is InChI=1S/C18H16ClF2N5O2/c1-8-13-14(8)28-17(22)26-18(13,7-20)15-10(21)3-5-12(24-15)25-16(27)11-4-2-9(19)6-23-11/h2-6,8,13-14H,7H2,1H3,(H2,22,26)(H,24,25,27)/t8-,13?,14-,18+/m0/s1. The van der Waals surface area contributed by atoms with Crippen LogP contribution in [0.15, 0.2) is 35.5 Å². The van der Waals surface area contributed by atoms with Crippen molar-refractivity contribution in [2.45, 2.75) is 18.6 Å². The molecule has 3 N–H and O–H groups in total. The number of amides is 1. The Morgan fingerprint density at radius 1 is 1.39 bits per heavy atom. The number of carbonyl (C=O) groups excluding carboxylic acids is 1. The van der Waals surface area contributed by atoms with E-state index in [0.717, 1.165) is 6.07 Å². The summed E-state index contributed by atoms with van der Waals surface area (Å²) in [6.45, 7) is 0.853. The highest BCUT2D eigenvalue weighted by Gasteiger charge is 2.66. The number of anilines is 1. The molecule has 10 heteroatoms. The molecule has 1 aliphatic carbocycles. The molecule has 0 aromatic carbocycles. The Morgan fingerprint density at radius 2 is 2.18 bits per heavy atom. The summed E-state index contributed by atoms with van der Waals surface area (Å²) < 4.78 is 34.2. The number of ether oxygens (including phenoxy) is 1. The van der Waals surface area contributed by atoms with E-state index in [1.54, 1.807) is 0 Å². The van der Waals surface area contributed by atoms with Crippen LogP contribution < -0.4 is 11.1 Å². The Balaban J connectivity index is 1.68. The molecule has 4 rings (SSSR count). The van der Waals surface area contributed by atoms with E-state index < -0.39 is 29.9 Å². The summed E-state index contributed by atoms with van der Waals surface area (Å²) >= 11 is 5.76. The molecule has 146 valence electrons. The number of aromatic nitrogens is 2. The second-order valence-corrected chi connectivity index (χ2v) is 7.25. The van der Waals surface area contributed by atoms with Gasteiger partial charge >= 0.3 is 0 Å². The molecule has 1 fully saturated rings. The van der Waals surface area contributed by atoms with Crippen LogP contribution >= 0.6 is 11.6 Å². The lowest BCUT2D eigenvalue weighted by Crippen LogP contribution is -2.40. The molecule has 0 bridgehead atoms. The summed E-state index contributed by atoms with van der Waals surface area (Å²) in [4.78, 5) is 24.5. The fraction of sp³-hybridized carbons (Fsp3) is 0.333. The lowest BCUT2D eigenvalue weighted by molar-refractivity contribution is 0.102. The summed E-state index contributed by atoms with van der Waals surface area (Å²) in [6.07, 6.45) is 0.984. The van der Waals surface area contributed by atoms with Crippen molar-refractivity contribution < 1.29 is 18.3 Å². The number of nitrogens with two attached hydrogens (primary N) is 1. The monoisotopic (exact) mass is 407 g/mol. The zero-order chi connectivity index (χ0) is 20.1. The van der Waals surface area contributed by atoms with E-state index in [0.29, 0.717) is 5.02 Å². The van der Waals surface area contributed by atoms with Crippen molar-refractivity contribution in [3.05, 3.63) is 52.7 Å². The summed E-state index contributed by atoms with van der Waals surface area (Å²) in [7, 11) is 0. The maximum atomic E-state index is 14.6. The Kier molecular flexibility index (Phi) is 4.41. The highest BCUT2D eigenvalue weighted by atomic mass is 35.5. The first-order valence-corrected chi connectivity index (χ1v) is 8.91. The minimum atomic E-state index is -1.59.